The van der Waals surface area contributed by atoms with Crippen LogP contribution in [0.25, 0.3) is 0 Å². The second kappa shape index (κ2) is 5.92. The molecule has 0 saturated carbocycles. The molecule has 0 aliphatic heterocycles. The quantitative estimate of drug-likeness (QED) is 0.670. The van der Waals surface area contributed by atoms with Gasteiger partial charge in [-0.2, -0.15) is 8.78 Å². The van der Waals surface area contributed by atoms with Crippen molar-refractivity contribution in [1.29, 1.82) is 0 Å². The van der Waals surface area contributed by atoms with Crippen molar-refractivity contribution in [3.63, 3.8) is 0 Å². The average molecular weight is 278 g/mol. The summed E-state index contributed by atoms with van der Waals surface area (Å²) in [6.07, 6.45) is -0.436. The average Bonchev–Trinajstić information content (AvgIpc) is 1.73. The minimum absolute atomic E-state index is 0.218. The predicted octanol–water partition coefficient (Wildman–Crippen LogP) is 4.41. The lowest BCUT2D eigenvalue weighted by atomic mass is 10.5. The van der Waals surface area contributed by atoms with Gasteiger partial charge in [0.1, 0.15) is 0 Å². The number of alkyl halides is 2. The number of hydrogen-bond donors (Lipinski definition) is 0. The van der Waals surface area contributed by atoms with Gasteiger partial charge in [0.2, 0.25) is 0 Å². The van der Waals surface area contributed by atoms with E-state index < -0.39 is 10.9 Å². The highest BCUT2D eigenvalue weighted by molar-refractivity contribution is 8.68. The van der Waals surface area contributed by atoms with Crippen LogP contribution in [-0.2, 0) is 20.9 Å². The molecule has 0 N–H and O–H groups in total. The van der Waals surface area contributed by atoms with Gasteiger partial charge in [0.05, 0.1) is 12.2 Å². The molecular formula is C8H17F2O2PS2. The van der Waals surface area contributed by atoms with Crippen LogP contribution < -0.4 is 0 Å². The molecule has 0 aromatic heterocycles. The second-order valence-electron chi connectivity index (χ2n) is 3.65. The number of hydrogen-bond acceptors (Lipinski definition) is 4. The Morgan fingerprint density at radius 1 is 1.13 bits per heavy atom. The van der Waals surface area contributed by atoms with Crippen LogP contribution in [0.15, 0.2) is 0 Å². The van der Waals surface area contributed by atoms with Gasteiger partial charge in [0.15, 0.2) is 0 Å². The Balaban J connectivity index is 4.63. The fraction of sp³-hybridized carbons (Fsp3) is 1.00. The number of rotatable bonds is 6. The van der Waals surface area contributed by atoms with Crippen LogP contribution in [0.5, 0.6) is 0 Å². The molecule has 0 rings (SSSR count). The Bertz CT molecular complexity index is 227. The summed E-state index contributed by atoms with van der Waals surface area (Å²) >= 11 is 5.36. The van der Waals surface area contributed by atoms with Crippen LogP contribution >= 0.6 is 17.1 Å². The molecule has 0 aromatic rings. The lowest BCUT2D eigenvalue weighted by Gasteiger charge is -2.27. The summed E-state index contributed by atoms with van der Waals surface area (Å²) in [6.45, 7) is 7.79. The van der Waals surface area contributed by atoms with Crippen LogP contribution in [0.3, 0.4) is 0 Å². The van der Waals surface area contributed by atoms with Crippen molar-refractivity contribution in [3.8, 4) is 0 Å². The lowest BCUT2D eigenvalue weighted by Crippen LogP contribution is -2.10. The summed E-state index contributed by atoms with van der Waals surface area (Å²) in [7, 11) is 0. The minimum Gasteiger partial charge on any atom is -0.319 e. The monoisotopic (exact) mass is 278 g/mol. The third kappa shape index (κ3) is 8.57. The summed E-state index contributed by atoms with van der Waals surface area (Å²) < 4.78 is 36.4. The SMILES string of the molecule is CC(C)OP(=S)(OC(C)C)SC(C)(F)F. The first-order chi connectivity index (χ1) is 6.54. The fourth-order valence-corrected chi connectivity index (χ4v) is 7.02. The van der Waals surface area contributed by atoms with E-state index in [9.17, 15) is 8.78 Å². The van der Waals surface area contributed by atoms with Gasteiger partial charge in [-0.05, 0) is 39.5 Å². The van der Waals surface area contributed by atoms with E-state index in [-0.39, 0.29) is 12.2 Å². The van der Waals surface area contributed by atoms with Gasteiger partial charge in [-0.3, -0.25) is 0 Å². The van der Waals surface area contributed by atoms with E-state index in [0.29, 0.717) is 11.4 Å². The standard InChI is InChI=1S/C8H17F2O2PS2/c1-6(2)11-13(14,12-7(3)4)15-8(5,9)10/h6-7H,1-5H3. The Morgan fingerprint density at radius 3 is 1.67 bits per heavy atom. The van der Waals surface area contributed by atoms with Crippen molar-refractivity contribution in [1.82, 2.24) is 0 Å². The molecule has 0 spiro atoms. The van der Waals surface area contributed by atoms with E-state index in [1.165, 1.54) is 0 Å². The van der Waals surface area contributed by atoms with E-state index in [1.807, 2.05) is 0 Å². The van der Waals surface area contributed by atoms with Crippen molar-refractivity contribution in [2.45, 2.75) is 52.1 Å². The zero-order valence-electron chi connectivity index (χ0n) is 9.49. The molecule has 0 aliphatic carbocycles. The lowest BCUT2D eigenvalue weighted by molar-refractivity contribution is 0.128. The zero-order chi connectivity index (χ0) is 12.3. The van der Waals surface area contributed by atoms with E-state index in [2.05, 4.69) is 0 Å². The first-order valence-corrected chi connectivity index (χ1v) is 8.65. The van der Waals surface area contributed by atoms with Crippen LogP contribution in [0.2, 0.25) is 0 Å². The molecule has 7 heteroatoms. The first kappa shape index (κ1) is 15.8. The number of halogens is 2. The molecule has 15 heavy (non-hydrogen) atoms. The van der Waals surface area contributed by atoms with Crippen molar-refractivity contribution >= 4 is 28.9 Å². The summed E-state index contributed by atoms with van der Waals surface area (Å²) in [5.74, 6) is 0. The normalized spacial score (nSPS) is 13.9. The molecule has 0 radical (unpaired) electrons. The Kier molecular flexibility index (Phi) is 6.22. The van der Waals surface area contributed by atoms with Gasteiger partial charge < -0.3 is 9.05 Å². The summed E-state index contributed by atoms with van der Waals surface area (Å²) in [5, 5.41) is -2.93. The maximum atomic E-state index is 12.9. The molecule has 0 atom stereocenters. The van der Waals surface area contributed by atoms with Gasteiger partial charge >= 0.3 is 0 Å². The Morgan fingerprint density at radius 2 is 1.47 bits per heavy atom. The summed E-state index contributed by atoms with van der Waals surface area (Å²) in [4.78, 5) is 0. The third-order valence-electron chi connectivity index (χ3n) is 0.952. The third-order valence-corrected chi connectivity index (χ3v) is 6.19. The van der Waals surface area contributed by atoms with Gasteiger partial charge in [0.25, 0.3) is 10.9 Å². The molecule has 0 bridgehead atoms. The van der Waals surface area contributed by atoms with Crippen molar-refractivity contribution in [2.75, 3.05) is 0 Å². The predicted molar refractivity (Wildman–Crippen MR) is 64.9 cm³/mol. The molecule has 0 fully saturated rings. The van der Waals surface area contributed by atoms with Gasteiger partial charge in [-0.15, -0.1) is 0 Å². The van der Waals surface area contributed by atoms with Crippen LogP contribution in [0.4, 0.5) is 8.78 Å². The fourth-order valence-electron chi connectivity index (χ4n) is 0.781. The molecule has 92 valence electrons. The van der Waals surface area contributed by atoms with E-state index in [0.717, 1.165) is 6.92 Å². The van der Waals surface area contributed by atoms with Crippen molar-refractivity contribution in [3.05, 3.63) is 0 Å². The largest absolute Gasteiger partial charge is 0.319 e. The highest BCUT2D eigenvalue weighted by Crippen LogP contribution is 2.67. The van der Waals surface area contributed by atoms with Gasteiger partial charge in [-0.1, -0.05) is 0 Å². The maximum Gasteiger partial charge on any atom is 0.299 e. The molecule has 0 saturated heterocycles. The van der Waals surface area contributed by atoms with E-state index in [1.54, 1.807) is 27.7 Å². The summed E-state index contributed by atoms with van der Waals surface area (Å²) in [6, 6.07) is 0. The topological polar surface area (TPSA) is 18.5 Å². The molecular weight excluding hydrogens is 261 g/mol. The Hall–Kier alpha value is 0.780. The van der Waals surface area contributed by atoms with Gasteiger partial charge in [-0.25, -0.2) is 0 Å². The highest BCUT2D eigenvalue weighted by atomic mass is 32.9. The maximum absolute atomic E-state index is 12.9. The molecule has 0 aliphatic rings. The summed E-state index contributed by atoms with van der Waals surface area (Å²) in [5.41, 5.74) is -2.95. The first-order valence-electron chi connectivity index (χ1n) is 4.59. The van der Waals surface area contributed by atoms with Crippen molar-refractivity contribution in [2.24, 2.45) is 0 Å². The minimum atomic E-state index is -2.95. The van der Waals surface area contributed by atoms with E-state index >= 15 is 0 Å². The molecule has 2 nitrogen and oxygen atoms in total. The molecule has 0 heterocycles. The second-order valence-corrected chi connectivity index (χ2v) is 10.00. The van der Waals surface area contributed by atoms with Gasteiger partial charge in [0, 0.05) is 18.3 Å². The van der Waals surface area contributed by atoms with Crippen LogP contribution in [0, 0.1) is 0 Å². The molecule has 0 amide bonds. The molecule has 0 aromatic carbocycles. The molecule has 0 unspecified atom stereocenters. The van der Waals surface area contributed by atoms with E-state index in [4.69, 9.17) is 20.9 Å². The highest BCUT2D eigenvalue weighted by Gasteiger charge is 2.36. The van der Waals surface area contributed by atoms with Crippen LogP contribution in [-0.4, -0.2) is 17.5 Å². The van der Waals surface area contributed by atoms with Crippen molar-refractivity contribution < 1.29 is 17.8 Å². The Labute approximate surface area is 99.0 Å². The zero-order valence-corrected chi connectivity index (χ0v) is 12.0. The smallest absolute Gasteiger partial charge is 0.299 e. The van der Waals surface area contributed by atoms with Crippen LogP contribution in [0.1, 0.15) is 34.6 Å².